The lowest BCUT2D eigenvalue weighted by molar-refractivity contribution is 0.102. The summed E-state index contributed by atoms with van der Waals surface area (Å²) >= 11 is 3.21. The molecule has 0 bridgehead atoms. The number of aliphatic hydroxyl groups excluding tert-OH is 1. The molecule has 0 saturated carbocycles. The molecule has 0 aromatic heterocycles. The van der Waals surface area contributed by atoms with Gasteiger partial charge in [0.25, 0.3) is 5.91 Å². The van der Waals surface area contributed by atoms with Crippen molar-refractivity contribution in [1.29, 1.82) is 0 Å². The van der Waals surface area contributed by atoms with Gasteiger partial charge in [0.1, 0.15) is 5.82 Å². The Hall–Kier alpha value is -1.72. The number of hydrogen-bond acceptors (Lipinski definition) is 2. The van der Waals surface area contributed by atoms with E-state index in [0.717, 1.165) is 6.07 Å². The Morgan fingerprint density at radius 3 is 2.79 bits per heavy atom. The summed E-state index contributed by atoms with van der Waals surface area (Å²) in [5.74, 6) is -0.890. The summed E-state index contributed by atoms with van der Waals surface area (Å²) in [6, 6.07) is 10.7. The van der Waals surface area contributed by atoms with Crippen LogP contribution in [0.3, 0.4) is 0 Å². The summed E-state index contributed by atoms with van der Waals surface area (Å²) in [5, 5.41) is 11.7. The van der Waals surface area contributed by atoms with Gasteiger partial charge in [-0.25, -0.2) is 4.39 Å². The van der Waals surface area contributed by atoms with Crippen LogP contribution in [0.25, 0.3) is 0 Å². The SMILES string of the molecule is O=C(Nc1cccc(CO)c1)c1cc(F)ccc1Br. The fourth-order valence-electron chi connectivity index (χ4n) is 1.62. The zero-order chi connectivity index (χ0) is 13.8. The fourth-order valence-corrected chi connectivity index (χ4v) is 2.04. The first-order chi connectivity index (χ1) is 9.10. The summed E-state index contributed by atoms with van der Waals surface area (Å²) in [5.41, 5.74) is 1.46. The van der Waals surface area contributed by atoms with E-state index in [0.29, 0.717) is 15.7 Å². The van der Waals surface area contributed by atoms with Crippen LogP contribution in [0.2, 0.25) is 0 Å². The van der Waals surface area contributed by atoms with Crippen LogP contribution < -0.4 is 5.32 Å². The highest BCUT2D eigenvalue weighted by molar-refractivity contribution is 9.10. The molecule has 2 N–H and O–H groups in total. The predicted molar refractivity (Wildman–Crippen MR) is 74.4 cm³/mol. The van der Waals surface area contributed by atoms with Gasteiger partial charge in [-0.15, -0.1) is 0 Å². The Bertz CT molecular complexity index is 616. The molecule has 0 aliphatic rings. The van der Waals surface area contributed by atoms with E-state index in [4.69, 9.17) is 5.11 Å². The van der Waals surface area contributed by atoms with Crippen molar-refractivity contribution in [2.45, 2.75) is 6.61 Å². The van der Waals surface area contributed by atoms with E-state index in [9.17, 15) is 9.18 Å². The number of rotatable bonds is 3. The minimum atomic E-state index is -0.475. The van der Waals surface area contributed by atoms with Crippen molar-refractivity contribution >= 4 is 27.5 Å². The monoisotopic (exact) mass is 323 g/mol. The van der Waals surface area contributed by atoms with Crippen molar-refractivity contribution in [2.24, 2.45) is 0 Å². The quantitative estimate of drug-likeness (QED) is 0.910. The predicted octanol–water partition coefficient (Wildman–Crippen LogP) is 3.33. The zero-order valence-corrected chi connectivity index (χ0v) is 11.4. The van der Waals surface area contributed by atoms with Gasteiger partial charge in [0.2, 0.25) is 0 Å². The molecular formula is C14H11BrFNO2. The van der Waals surface area contributed by atoms with Gasteiger partial charge in [0.05, 0.1) is 12.2 Å². The van der Waals surface area contributed by atoms with E-state index >= 15 is 0 Å². The van der Waals surface area contributed by atoms with Gasteiger partial charge in [-0.3, -0.25) is 4.79 Å². The van der Waals surface area contributed by atoms with Gasteiger partial charge < -0.3 is 10.4 Å². The molecule has 98 valence electrons. The number of aliphatic hydroxyl groups is 1. The molecule has 0 saturated heterocycles. The standard InChI is InChI=1S/C14H11BrFNO2/c15-13-5-4-10(16)7-12(13)14(19)17-11-3-1-2-9(6-11)8-18/h1-7,18H,8H2,(H,17,19). The highest BCUT2D eigenvalue weighted by Crippen LogP contribution is 2.20. The van der Waals surface area contributed by atoms with E-state index in [2.05, 4.69) is 21.2 Å². The third-order valence-electron chi connectivity index (χ3n) is 2.54. The van der Waals surface area contributed by atoms with Crippen LogP contribution in [-0.2, 0) is 6.61 Å². The smallest absolute Gasteiger partial charge is 0.256 e. The number of nitrogens with one attached hydrogen (secondary N) is 1. The summed E-state index contributed by atoms with van der Waals surface area (Å²) in [6.45, 7) is -0.104. The van der Waals surface area contributed by atoms with Crippen molar-refractivity contribution < 1.29 is 14.3 Å². The second kappa shape index (κ2) is 5.95. The first-order valence-electron chi connectivity index (χ1n) is 5.56. The molecule has 19 heavy (non-hydrogen) atoms. The highest BCUT2D eigenvalue weighted by Gasteiger charge is 2.11. The van der Waals surface area contributed by atoms with Gasteiger partial charge in [0.15, 0.2) is 0 Å². The average molecular weight is 324 g/mol. The fraction of sp³-hybridized carbons (Fsp3) is 0.0714. The van der Waals surface area contributed by atoms with E-state index in [1.807, 2.05) is 0 Å². The van der Waals surface area contributed by atoms with Gasteiger partial charge in [-0.2, -0.15) is 0 Å². The van der Waals surface area contributed by atoms with E-state index < -0.39 is 11.7 Å². The highest BCUT2D eigenvalue weighted by atomic mass is 79.9. The Morgan fingerprint density at radius 1 is 1.26 bits per heavy atom. The minimum Gasteiger partial charge on any atom is -0.392 e. The molecule has 0 heterocycles. The van der Waals surface area contributed by atoms with Gasteiger partial charge in [-0.1, -0.05) is 12.1 Å². The molecule has 2 rings (SSSR count). The zero-order valence-electron chi connectivity index (χ0n) is 9.86. The van der Waals surface area contributed by atoms with Crippen molar-refractivity contribution in [3.63, 3.8) is 0 Å². The molecule has 0 aliphatic carbocycles. The van der Waals surface area contributed by atoms with Crippen LogP contribution in [-0.4, -0.2) is 11.0 Å². The van der Waals surface area contributed by atoms with Gasteiger partial charge in [-0.05, 0) is 51.8 Å². The largest absolute Gasteiger partial charge is 0.392 e. The number of halogens is 2. The molecule has 1 amide bonds. The lowest BCUT2D eigenvalue weighted by atomic mass is 10.2. The van der Waals surface area contributed by atoms with Crippen molar-refractivity contribution in [3.05, 3.63) is 63.9 Å². The number of hydrogen-bond donors (Lipinski definition) is 2. The summed E-state index contributed by atoms with van der Waals surface area (Å²) < 4.78 is 13.6. The number of anilines is 1. The Balaban J connectivity index is 2.23. The Labute approximate surface area is 118 Å². The lowest BCUT2D eigenvalue weighted by Crippen LogP contribution is -2.13. The first kappa shape index (κ1) is 13.7. The van der Waals surface area contributed by atoms with Crippen LogP contribution in [0.5, 0.6) is 0 Å². The normalized spacial score (nSPS) is 10.3. The average Bonchev–Trinajstić information content (AvgIpc) is 2.41. The summed E-state index contributed by atoms with van der Waals surface area (Å²) in [4.78, 5) is 12.0. The maximum Gasteiger partial charge on any atom is 0.256 e. The molecule has 0 aliphatic heterocycles. The molecule has 0 radical (unpaired) electrons. The van der Waals surface area contributed by atoms with Crippen LogP contribution in [0.4, 0.5) is 10.1 Å². The number of carbonyl (C=O) groups excluding carboxylic acids is 1. The number of benzene rings is 2. The van der Waals surface area contributed by atoms with E-state index in [-0.39, 0.29) is 12.2 Å². The second-order valence-electron chi connectivity index (χ2n) is 3.94. The van der Waals surface area contributed by atoms with Crippen LogP contribution in [0.1, 0.15) is 15.9 Å². The van der Waals surface area contributed by atoms with Crippen LogP contribution >= 0.6 is 15.9 Å². The van der Waals surface area contributed by atoms with Crippen molar-refractivity contribution in [3.8, 4) is 0 Å². The molecule has 2 aromatic carbocycles. The summed E-state index contributed by atoms with van der Waals surface area (Å²) in [6.07, 6.45) is 0. The third-order valence-corrected chi connectivity index (χ3v) is 3.23. The van der Waals surface area contributed by atoms with Crippen molar-refractivity contribution in [1.82, 2.24) is 0 Å². The Morgan fingerprint density at radius 2 is 2.05 bits per heavy atom. The third kappa shape index (κ3) is 3.39. The number of amides is 1. The molecule has 0 spiro atoms. The minimum absolute atomic E-state index is 0.104. The Kier molecular flexibility index (Phi) is 4.29. The molecule has 0 fully saturated rings. The molecule has 0 unspecified atom stereocenters. The van der Waals surface area contributed by atoms with Gasteiger partial charge in [0, 0.05) is 10.2 Å². The second-order valence-corrected chi connectivity index (χ2v) is 4.79. The molecule has 2 aromatic rings. The maximum absolute atomic E-state index is 13.1. The maximum atomic E-state index is 13.1. The van der Waals surface area contributed by atoms with Crippen molar-refractivity contribution in [2.75, 3.05) is 5.32 Å². The topological polar surface area (TPSA) is 49.3 Å². The molecule has 5 heteroatoms. The van der Waals surface area contributed by atoms with E-state index in [1.165, 1.54) is 12.1 Å². The summed E-state index contributed by atoms with van der Waals surface area (Å²) in [7, 11) is 0. The van der Waals surface area contributed by atoms with Gasteiger partial charge >= 0.3 is 0 Å². The number of carbonyl (C=O) groups is 1. The van der Waals surface area contributed by atoms with E-state index in [1.54, 1.807) is 24.3 Å². The lowest BCUT2D eigenvalue weighted by Gasteiger charge is -2.08. The molecular weight excluding hydrogens is 313 g/mol. The van der Waals surface area contributed by atoms with Crippen LogP contribution in [0, 0.1) is 5.82 Å². The van der Waals surface area contributed by atoms with Crippen LogP contribution in [0.15, 0.2) is 46.9 Å². The molecule has 0 atom stereocenters. The first-order valence-corrected chi connectivity index (χ1v) is 6.35. The molecule has 3 nitrogen and oxygen atoms in total.